The van der Waals surface area contributed by atoms with Gasteiger partial charge in [-0.15, -0.1) is 0 Å². The van der Waals surface area contributed by atoms with E-state index in [4.69, 9.17) is 0 Å². The molecule has 1 N–H and O–H groups in total. The number of rotatable bonds is 5. The molecule has 0 spiro atoms. The first-order valence-electron chi connectivity index (χ1n) is 9.32. The molecule has 2 aromatic carbocycles. The summed E-state index contributed by atoms with van der Waals surface area (Å²) in [5.41, 5.74) is 1.91. The molecule has 3 rings (SSSR count). The monoisotopic (exact) mass is 350 g/mol. The second-order valence-electron chi connectivity index (χ2n) is 7.03. The van der Waals surface area contributed by atoms with Crippen LogP contribution in [0.3, 0.4) is 0 Å². The van der Waals surface area contributed by atoms with Crippen molar-refractivity contribution in [2.45, 2.75) is 32.2 Å². The summed E-state index contributed by atoms with van der Waals surface area (Å²) in [6.45, 7) is 3.34. The van der Waals surface area contributed by atoms with Crippen LogP contribution in [0.1, 0.15) is 35.7 Å². The fourth-order valence-corrected chi connectivity index (χ4v) is 3.39. The molecule has 0 bridgehead atoms. The topological polar surface area (TPSA) is 49.4 Å². The molecule has 1 saturated heterocycles. The fourth-order valence-electron chi connectivity index (χ4n) is 3.39. The zero-order valence-electron chi connectivity index (χ0n) is 15.2. The van der Waals surface area contributed by atoms with Gasteiger partial charge in [-0.1, -0.05) is 55.5 Å². The van der Waals surface area contributed by atoms with Crippen LogP contribution in [-0.4, -0.2) is 35.8 Å². The first-order chi connectivity index (χ1) is 12.6. The first-order valence-corrected chi connectivity index (χ1v) is 9.32. The van der Waals surface area contributed by atoms with Crippen LogP contribution in [-0.2, 0) is 11.2 Å². The van der Waals surface area contributed by atoms with Crippen molar-refractivity contribution in [2.75, 3.05) is 13.1 Å². The van der Waals surface area contributed by atoms with Crippen molar-refractivity contribution in [1.82, 2.24) is 10.2 Å². The van der Waals surface area contributed by atoms with Crippen LogP contribution in [0.15, 0.2) is 60.7 Å². The smallest absolute Gasteiger partial charge is 0.253 e. The Kier molecular flexibility index (Phi) is 6.05. The Morgan fingerprint density at radius 3 is 2.19 bits per heavy atom. The van der Waals surface area contributed by atoms with E-state index in [9.17, 15) is 9.59 Å². The summed E-state index contributed by atoms with van der Waals surface area (Å²) < 4.78 is 0. The van der Waals surface area contributed by atoms with Crippen LogP contribution in [0, 0.1) is 5.92 Å². The zero-order chi connectivity index (χ0) is 18.4. The summed E-state index contributed by atoms with van der Waals surface area (Å²) in [5.74, 6) is 0.121. The van der Waals surface area contributed by atoms with Gasteiger partial charge in [0.25, 0.3) is 5.91 Å². The van der Waals surface area contributed by atoms with Gasteiger partial charge in [0.2, 0.25) is 5.91 Å². The first kappa shape index (κ1) is 18.2. The van der Waals surface area contributed by atoms with Gasteiger partial charge < -0.3 is 10.2 Å². The molecule has 0 aromatic heterocycles. The standard InChI is InChI=1S/C22H26N2O2/c1-17(16-18-8-4-2-5-9-18)21(25)23-20-12-14-24(15-13-20)22(26)19-10-6-3-7-11-19/h2-11,17,20H,12-16H2,1H3,(H,23,25). The number of benzene rings is 2. The lowest BCUT2D eigenvalue weighted by atomic mass is 9.98. The van der Waals surface area contributed by atoms with E-state index in [1.165, 1.54) is 5.56 Å². The predicted molar refractivity (Wildman–Crippen MR) is 103 cm³/mol. The van der Waals surface area contributed by atoms with Gasteiger partial charge in [-0.3, -0.25) is 9.59 Å². The molecule has 2 aromatic rings. The average molecular weight is 350 g/mol. The Morgan fingerprint density at radius 1 is 1.00 bits per heavy atom. The normalized spacial score (nSPS) is 16.1. The minimum absolute atomic E-state index is 0.0543. The van der Waals surface area contributed by atoms with Gasteiger partial charge >= 0.3 is 0 Å². The Balaban J connectivity index is 1.46. The minimum atomic E-state index is -0.0543. The maximum atomic E-state index is 12.5. The van der Waals surface area contributed by atoms with E-state index in [0.717, 1.165) is 24.8 Å². The lowest BCUT2D eigenvalue weighted by Gasteiger charge is -2.33. The quantitative estimate of drug-likeness (QED) is 0.900. The van der Waals surface area contributed by atoms with Crippen molar-refractivity contribution >= 4 is 11.8 Å². The fraction of sp³-hybridized carbons (Fsp3) is 0.364. The van der Waals surface area contributed by atoms with E-state index in [1.54, 1.807) is 0 Å². The molecular formula is C22H26N2O2. The molecule has 1 unspecified atom stereocenters. The predicted octanol–water partition coefficient (Wildman–Crippen LogP) is 3.29. The Hall–Kier alpha value is -2.62. The lowest BCUT2D eigenvalue weighted by molar-refractivity contribution is -0.125. The molecule has 1 fully saturated rings. The van der Waals surface area contributed by atoms with Gasteiger partial charge in [0.05, 0.1) is 0 Å². The lowest BCUT2D eigenvalue weighted by Crippen LogP contribution is -2.47. The van der Waals surface area contributed by atoms with Gasteiger partial charge in [-0.25, -0.2) is 0 Å². The number of amides is 2. The number of likely N-dealkylation sites (tertiary alicyclic amines) is 1. The molecule has 1 heterocycles. The van der Waals surface area contributed by atoms with E-state index >= 15 is 0 Å². The molecular weight excluding hydrogens is 324 g/mol. The molecule has 26 heavy (non-hydrogen) atoms. The zero-order valence-corrected chi connectivity index (χ0v) is 15.2. The summed E-state index contributed by atoms with van der Waals surface area (Å²) in [5, 5.41) is 3.16. The molecule has 0 radical (unpaired) electrons. The van der Waals surface area contributed by atoms with Crippen molar-refractivity contribution in [3.63, 3.8) is 0 Å². The van der Waals surface area contributed by atoms with Crippen LogP contribution in [0.25, 0.3) is 0 Å². The number of hydrogen-bond donors (Lipinski definition) is 1. The Labute approximate surface area is 155 Å². The second-order valence-corrected chi connectivity index (χ2v) is 7.03. The van der Waals surface area contributed by atoms with Crippen LogP contribution >= 0.6 is 0 Å². The number of nitrogens with zero attached hydrogens (tertiary/aromatic N) is 1. The number of nitrogens with one attached hydrogen (secondary N) is 1. The highest BCUT2D eigenvalue weighted by molar-refractivity contribution is 5.94. The number of carbonyl (C=O) groups excluding carboxylic acids is 2. The molecule has 2 amide bonds. The number of hydrogen-bond acceptors (Lipinski definition) is 2. The number of carbonyl (C=O) groups is 2. The molecule has 1 aliphatic heterocycles. The van der Waals surface area contributed by atoms with Gasteiger partial charge in [0, 0.05) is 30.6 Å². The van der Waals surface area contributed by atoms with Crippen molar-refractivity contribution < 1.29 is 9.59 Å². The van der Waals surface area contributed by atoms with Crippen molar-refractivity contribution in [3.05, 3.63) is 71.8 Å². The van der Waals surface area contributed by atoms with Gasteiger partial charge in [0.1, 0.15) is 0 Å². The third kappa shape index (κ3) is 4.72. The van der Waals surface area contributed by atoms with Crippen molar-refractivity contribution in [3.8, 4) is 0 Å². The molecule has 4 nitrogen and oxygen atoms in total. The van der Waals surface area contributed by atoms with Crippen LogP contribution in [0.4, 0.5) is 0 Å². The van der Waals surface area contributed by atoms with Crippen LogP contribution in [0.5, 0.6) is 0 Å². The highest BCUT2D eigenvalue weighted by atomic mass is 16.2. The van der Waals surface area contributed by atoms with Gasteiger partial charge in [-0.05, 0) is 37.0 Å². The highest BCUT2D eigenvalue weighted by Crippen LogP contribution is 2.15. The highest BCUT2D eigenvalue weighted by Gasteiger charge is 2.25. The third-order valence-electron chi connectivity index (χ3n) is 4.98. The van der Waals surface area contributed by atoms with Crippen LogP contribution < -0.4 is 5.32 Å². The molecule has 1 atom stereocenters. The Morgan fingerprint density at radius 2 is 1.58 bits per heavy atom. The van der Waals surface area contributed by atoms with Crippen LogP contribution in [0.2, 0.25) is 0 Å². The summed E-state index contributed by atoms with van der Waals surface area (Å²) in [6, 6.07) is 19.6. The number of piperidine rings is 1. The molecule has 136 valence electrons. The summed E-state index contributed by atoms with van der Waals surface area (Å²) in [7, 11) is 0. The SMILES string of the molecule is CC(Cc1ccccc1)C(=O)NC1CCN(C(=O)c2ccccc2)CC1. The average Bonchev–Trinajstić information content (AvgIpc) is 2.69. The van der Waals surface area contributed by atoms with E-state index in [2.05, 4.69) is 17.4 Å². The molecule has 0 saturated carbocycles. The molecule has 4 heteroatoms. The summed E-state index contributed by atoms with van der Waals surface area (Å²) in [6.07, 6.45) is 2.36. The Bertz CT molecular complexity index is 722. The largest absolute Gasteiger partial charge is 0.353 e. The third-order valence-corrected chi connectivity index (χ3v) is 4.98. The molecule has 0 aliphatic carbocycles. The maximum absolute atomic E-state index is 12.5. The van der Waals surface area contributed by atoms with Crippen molar-refractivity contribution in [1.29, 1.82) is 0 Å². The minimum Gasteiger partial charge on any atom is -0.353 e. The summed E-state index contributed by atoms with van der Waals surface area (Å²) in [4.78, 5) is 26.8. The summed E-state index contributed by atoms with van der Waals surface area (Å²) >= 11 is 0. The van der Waals surface area contributed by atoms with Gasteiger partial charge in [-0.2, -0.15) is 0 Å². The van der Waals surface area contributed by atoms with Crippen molar-refractivity contribution in [2.24, 2.45) is 5.92 Å². The van der Waals surface area contributed by atoms with E-state index in [-0.39, 0.29) is 23.8 Å². The van der Waals surface area contributed by atoms with E-state index < -0.39 is 0 Å². The van der Waals surface area contributed by atoms with Gasteiger partial charge in [0.15, 0.2) is 0 Å². The second kappa shape index (κ2) is 8.65. The van der Waals surface area contributed by atoms with E-state index in [1.807, 2.05) is 60.4 Å². The molecule has 1 aliphatic rings. The van der Waals surface area contributed by atoms with E-state index in [0.29, 0.717) is 13.1 Å². The maximum Gasteiger partial charge on any atom is 0.253 e.